The van der Waals surface area contributed by atoms with E-state index < -0.39 is 0 Å². The summed E-state index contributed by atoms with van der Waals surface area (Å²) in [5.74, 6) is 0. The van der Waals surface area contributed by atoms with E-state index in [1.54, 1.807) is 12.4 Å². The van der Waals surface area contributed by atoms with Gasteiger partial charge >= 0.3 is 0 Å². The molecule has 0 aliphatic rings. The van der Waals surface area contributed by atoms with E-state index in [1.165, 1.54) is 12.8 Å². The molecule has 0 spiro atoms. The number of aromatic nitrogens is 2. The van der Waals surface area contributed by atoms with Crippen molar-refractivity contribution in [3.05, 3.63) is 18.5 Å². The molecule has 3 heteroatoms. The predicted molar refractivity (Wildman–Crippen MR) is 54.6 cm³/mol. The summed E-state index contributed by atoms with van der Waals surface area (Å²) in [7, 11) is 0. The highest BCUT2D eigenvalue weighted by Crippen LogP contribution is 2.10. The van der Waals surface area contributed by atoms with Crippen molar-refractivity contribution < 1.29 is 0 Å². The molecule has 1 N–H and O–H groups in total. The zero-order valence-corrected chi connectivity index (χ0v) is 8.33. The fraction of sp³-hybridized carbons (Fsp3) is 0.600. The van der Waals surface area contributed by atoms with Gasteiger partial charge in [0.15, 0.2) is 0 Å². The van der Waals surface area contributed by atoms with Gasteiger partial charge in [0.1, 0.15) is 0 Å². The van der Waals surface area contributed by atoms with Crippen LogP contribution in [0.4, 0.5) is 5.69 Å². The number of rotatable bonds is 5. The maximum absolute atomic E-state index is 3.82. The summed E-state index contributed by atoms with van der Waals surface area (Å²) in [6.07, 6.45) is 7.04. The number of nitrogens with one attached hydrogen (secondary N) is 1. The van der Waals surface area contributed by atoms with Gasteiger partial charge in [-0.15, -0.1) is 0 Å². The Balaban J connectivity index is 2.46. The summed E-state index contributed by atoms with van der Waals surface area (Å²) >= 11 is 0. The molecule has 0 saturated carbocycles. The van der Waals surface area contributed by atoms with Crippen molar-refractivity contribution in [1.82, 2.24) is 10.2 Å². The Hall–Kier alpha value is -1.12. The summed E-state index contributed by atoms with van der Waals surface area (Å²) in [6, 6.07) is 2.51. The monoisotopic (exact) mass is 179 g/mol. The first-order valence-electron chi connectivity index (χ1n) is 4.90. The average Bonchev–Trinajstić information content (AvgIpc) is 2.19. The van der Waals surface area contributed by atoms with Gasteiger partial charge in [-0.1, -0.05) is 20.3 Å². The molecule has 1 atom stereocenters. The summed E-state index contributed by atoms with van der Waals surface area (Å²) in [6.45, 7) is 4.40. The first kappa shape index (κ1) is 9.96. The van der Waals surface area contributed by atoms with Crippen LogP contribution in [0.3, 0.4) is 0 Å². The molecule has 1 heterocycles. The van der Waals surface area contributed by atoms with Gasteiger partial charge in [-0.25, -0.2) is 0 Å². The highest BCUT2D eigenvalue weighted by atomic mass is 15.1. The van der Waals surface area contributed by atoms with Crippen molar-refractivity contribution in [2.75, 3.05) is 5.32 Å². The fourth-order valence-corrected chi connectivity index (χ4v) is 1.34. The first-order chi connectivity index (χ1) is 6.36. The Bertz CT molecular complexity index is 223. The maximum atomic E-state index is 3.82. The van der Waals surface area contributed by atoms with Gasteiger partial charge < -0.3 is 5.32 Å². The first-order valence-corrected chi connectivity index (χ1v) is 4.90. The summed E-state index contributed by atoms with van der Waals surface area (Å²) in [5, 5.41) is 11.0. The largest absolute Gasteiger partial charge is 0.381 e. The van der Waals surface area contributed by atoms with Gasteiger partial charge in [-0.2, -0.15) is 10.2 Å². The average molecular weight is 179 g/mol. The second-order valence-corrected chi connectivity index (χ2v) is 3.17. The maximum Gasteiger partial charge on any atom is 0.0727 e. The van der Waals surface area contributed by atoms with E-state index in [0.717, 1.165) is 12.1 Å². The van der Waals surface area contributed by atoms with Crippen molar-refractivity contribution in [2.24, 2.45) is 0 Å². The lowest BCUT2D eigenvalue weighted by atomic mass is 10.1. The van der Waals surface area contributed by atoms with E-state index >= 15 is 0 Å². The lowest BCUT2D eigenvalue weighted by Gasteiger charge is -2.16. The Morgan fingerprint density at radius 1 is 1.38 bits per heavy atom. The highest BCUT2D eigenvalue weighted by molar-refractivity contribution is 5.39. The van der Waals surface area contributed by atoms with Gasteiger partial charge in [-0.3, -0.25) is 0 Å². The van der Waals surface area contributed by atoms with Gasteiger partial charge in [0.05, 0.1) is 18.1 Å². The molecule has 1 aromatic rings. The Morgan fingerprint density at radius 3 is 2.77 bits per heavy atom. The van der Waals surface area contributed by atoms with Crippen LogP contribution in [-0.4, -0.2) is 16.2 Å². The number of nitrogens with zero attached hydrogens (tertiary/aromatic N) is 2. The second-order valence-electron chi connectivity index (χ2n) is 3.17. The van der Waals surface area contributed by atoms with Crippen LogP contribution in [0.15, 0.2) is 18.5 Å². The van der Waals surface area contributed by atoms with Crippen LogP contribution in [0.5, 0.6) is 0 Å². The van der Waals surface area contributed by atoms with Gasteiger partial charge in [0, 0.05) is 6.04 Å². The topological polar surface area (TPSA) is 37.8 Å². The minimum absolute atomic E-state index is 0.564. The van der Waals surface area contributed by atoms with Crippen molar-refractivity contribution >= 4 is 5.69 Å². The minimum Gasteiger partial charge on any atom is -0.381 e. The highest BCUT2D eigenvalue weighted by Gasteiger charge is 2.03. The number of hydrogen-bond donors (Lipinski definition) is 1. The molecule has 1 unspecified atom stereocenters. The molecule has 13 heavy (non-hydrogen) atoms. The molecule has 0 radical (unpaired) electrons. The van der Waals surface area contributed by atoms with E-state index in [4.69, 9.17) is 0 Å². The molecule has 0 saturated heterocycles. The third-order valence-corrected chi connectivity index (χ3v) is 2.08. The SMILES string of the molecule is CCCC(CC)Nc1ccnnc1. The molecule has 1 rings (SSSR count). The van der Waals surface area contributed by atoms with Gasteiger partial charge in [0.25, 0.3) is 0 Å². The molecule has 3 nitrogen and oxygen atoms in total. The number of anilines is 1. The van der Waals surface area contributed by atoms with E-state index in [0.29, 0.717) is 6.04 Å². The molecule has 0 amide bonds. The van der Waals surface area contributed by atoms with Crippen LogP contribution in [0.2, 0.25) is 0 Å². The van der Waals surface area contributed by atoms with Crippen molar-refractivity contribution in [3.8, 4) is 0 Å². The molecule has 0 bridgehead atoms. The Morgan fingerprint density at radius 2 is 2.23 bits per heavy atom. The molecular weight excluding hydrogens is 162 g/mol. The third kappa shape index (κ3) is 3.40. The summed E-state index contributed by atoms with van der Waals surface area (Å²) in [5.41, 5.74) is 1.07. The normalized spacial score (nSPS) is 12.5. The van der Waals surface area contributed by atoms with Crippen molar-refractivity contribution in [3.63, 3.8) is 0 Å². The lowest BCUT2D eigenvalue weighted by Crippen LogP contribution is -2.17. The van der Waals surface area contributed by atoms with E-state index in [-0.39, 0.29) is 0 Å². The summed E-state index contributed by atoms with van der Waals surface area (Å²) < 4.78 is 0. The van der Waals surface area contributed by atoms with E-state index in [9.17, 15) is 0 Å². The smallest absolute Gasteiger partial charge is 0.0727 e. The predicted octanol–water partition coefficient (Wildman–Crippen LogP) is 2.47. The van der Waals surface area contributed by atoms with E-state index in [1.807, 2.05) is 6.07 Å². The molecule has 0 aromatic carbocycles. The number of hydrogen-bond acceptors (Lipinski definition) is 3. The molecule has 0 aliphatic carbocycles. The van der Waals surface area contributed by atoms with Crippen LogP contribution in [0, 0.1) is 0 Å². The quantitative estimate of drug-likeness (QED) is 0.754. The van der Waals surface area contributed by atoms with Crippen molar-refractivity contribution in [1.29, 1.82) is 0 Å². The van der Waals surface area contributed by atoms with Crippen molar-refractivity contribution in [2.45, 2.75) is 39.2 Å². The van der Waals surface area contributed by atoms with Crippen LogP contribution >= 0.6 is 0 Å². The zero-order valence-electron chi connectivity index (χ0n) is 8.33. The Labute approximate surface area is 79.6 Å². The van der Waals surface area contributed by atoms with Gasteiger partial charge in [0.2, 0.25) is 0 Å². The third-order valence-electron chi connectivity index (χ3n) is 2.08. The molecule has 1 aromatic heterocycles. The second kappa shape index (κ2) is 5.51. The molecule has 0 fully saturated rings. The van der Waals surface area contributed by atoms with Gasteiger partial charge in [-0.05, 0) is 18.9 Å². The van der Waals surface area contributed by atoms with E-state index in [2.05, 4.69) is 29.4 Å². The molecule has 0 aliphatic heterocycles. The minimum atomic E-state index is 0.564. The summed E-state index contributed by atoms with van der Waals surface area (Å²) in [4.78, 5) is 0. The van der Waals surface area contributed by atoms with Crippen LogP contribution in [0.25, 0.3) is 0 Å². The molecule has 72 valence electrons. The standard InChI is InChI=1S/C10H17N3/c1-3-5-9(4-2)13-10-6-7-11-12-8-10/h6-9H,3-5H2,1-2H3,(H,11,13). The van der Waals surface area contributed by atoms with Crippen LogP contribution in [0.1, 0.15) is 33.1 Å². The lowest BCUT2D eigenvalue weighted by molar-refractivity contribution is 0.622. The van der Waals surface area contributed by atoms with Crippen LogP contribution < -0.4 is 5.32 Å². The Kier molecular flexibility index (Phi) is 4.23. The fourth-order valence-electron chi connectivity index (χ4n) is 1.34. The van der Waals surface area contributed by atoms with Crippen LogP contribution in [-0.2, 0) is 0 Å². The molecular formula is C10H17N3. The zero-order chi connectivity index (χ0) is 9.52.